The summed E-state index contributed by atoms with van der Waals surface area (Å²) in [7, 11) is -6.93. The van der Waals surface area contributed by atoms with E-state index in [0.29, 0.717) is 50.6 Å². The second kappa shape index (κ2) is 8.78. The molecule has 0 aliphatic carbocycles. The summed E-state index contributed by atoms with van der Waals surface area (Å²) in [5, 5.41) is 0. The summed E-state index contributed by atoms with van der Waals surface area (Å²) in [4.78, 5) is 0.184. The first-order chi connectivity index (χ1) is 14.7. The van der Waals surface area contributed by atoms with Crippen LogP contribution >= 0.6 is 0 Å². The highest BCUT2D eigenvalue weighted by molar-refractivity contribution is 7.92. The second-order valence-electron chi connectivity index (χ2n) is 7.71. The van der Waals surface area contributed by atoms with E-state index in [1.54, 1.807) is 30.3 Å². The van der Waals surface area contributed by atoms with Gasteiger partial charge >= 0.3 is 0 Å². The van der Waals surface area contributed by atoms with Crippen LogP contribution in [0.15, 0.2) is 53.4 Å². The van der Waals surface area contributed by atoms with Crippen LogP contribution in [0.25, 0.3) is 0 Å². The van der Waals surface area contributed by atoms with Crippen LogP contribution in [0.5, 0.6) is 5.75 Å². The van der Waals surface area contributed by atoms with E-state index in [0.717, 1.165) is 5.56 Å². The molecule has 2 aliphatic rings. The van der Waals surface area contributed by atoms with E-state index in [4.69, 9.17) is 9.47 Å². The van der Waals surface area contributed by atoms with Crippen molar-refractivity contribution < 1.29 is 26.3 Å². The number of piperidine rings is 1. The van der Waals surface area contributed by atoms with Gasteiger partial charge in [-0.25, -0.2) is 21.1 Å². The fourth-order valence-electron chi connectivity index (χ4n) is 3.87. The van der Waals surface area contributed by atoms with Crippen LogP contribution in [0.1, 0.15) is 18.4 Å². The highest BCUT2D eigenvalue weighted by atomic mass is 32.2. The number of nitrogens with zero attached hydrogens (tertiary/aromatic N) is 2. The van der Waals surface area contributed by atoms with Crippen LogP contribution in [-0.4, -0.2) is 59.7 Å². The minimum absolute atomic E-state index is 0.102. The van der Waals surface area contributed by atoms with Crippen LogP contribution < -0.4 is 9.04 Å². The van der Waals surface area contributed by atoms with Gasteiger partial charge in [-0.3, -0.25) is 4.31 Å². The van der Waals surface area contributed by atoms with Crippen molar-refractivity contribution >= 4 is 25.7 Å². The fourth-order valence-corrected chi connectivity index (χ4v) is 6.23. The smallest absolute Gasteiger partial charge is 0.264 e. The lowest BCUT2D eigenvalue weighted by atomic mass is 10.1. The number of ether oxygens (including phenoxy) is 2. The van der Waals surface area contributed by atoms with Crippen LogP contribution in [0.3, 0.4) is 0 Å². The molecule has 1 fully saturated rings. The summed E-state index contributed by atoms with van der Waals surface area (Å²) < 4.78 is 64.2. The van der Waals surface area contributed by atoms with Crippen LogP contribution in [0, 0.1) is 0 Å². The average Bonchev–Trinajstić information content (AvgIpc) is 2.97. The van der Waals surface area contributed by atoms with Gasteiger partial charge in [-0.1, -0.05) is 18.2 Å². The highest BCUT2D eigenvalue weighted by Crippen LogP contribution is 2.30. The molecule has 31 heavy (non-hydrogen) atoms. The van der Waals surface area contributed by atoms with Crippen LogP contribution in [-0.2, 0) is 31.4 Å². The van der Waals surface area contributed by atoms with Gasteiger partial charge in [0.2, 0.25) is 10.0 Å². The standard InChI is InChI=1S/C21H26N2O6S2/c1-30(24,25)22-12-10-19(11-13-22)29-18-6-8-20(9-7-18)31(26,27)23-14-15-28-16-17-4-2-3-5-21(17)23/h2-9,19H,10-16H2,1H3. The number of fused-ring (bicyclic) bond motifs is 1. The predicted octanol–water partition coefficient (Wildman–Crippen LogP) is 2.21. The first-order valence-corrected chi connectivity index (χ1v) is 13.4. The number of benzene rings is 2. The first kappa shape index (κ1) is 22.1. The molecule has 0 atom stereocenters. The molecule has 1 saturated heterocycles. The monoisotopic (exact) mass is 466 g/mol. The first-order valence-electron chi connectivity index (χ1n) is 10.2. The Morgan fingerprint density at radius 1 is 0.935 bits per heavy atom. The third-order valence-electron chi connectivity index (χ3n) is 5.54. The number of anilines is 1. The summed E-state index contributed by atoms with van der Waals surface area (Å²) in [6.07, 6.45) is 2.30. The zero-order chi connectivity index (χ0) is 22.1. The van der Waals surface area contributed by atoms with Gasteiger partial charge in [0.05, 0.1) is 36.6 Å². The van der Waals surface area contributed by atoms with Gasteiger partial charge in [0, 0.05) is 18.7 Å². The van der Waals surface area contributed by atoms with Gasteiger partial charge in [0.25, 0.3) is 10.0 Å². The van der Waals surface area contributed by atoms with Gasteiger partial charge in [-0.2, -0.15) is 0 Å². The minimum Gasteiger partial charge on any atom is -0.490 e. The molecule has 0 aromatic heterocycles. The number of hydrogen-bond acceptors (Lipinski definition) is 6. The number of rotatable bonds is 5. The van der Waals surface area contributed by atoms with Gasteiger partial charge < -0.3 is 9.47 Å². The van der Waals surface area contributed by atoms with Gasteiger partial charge in [-0.05, 0) is 43.2 Å². The van der Waals surface area contributed by atoms with E-state index in [9.17, 15) is 16.8 Å². The Bertz CT molecular complexity index is 1120. The molecular formula is C21H26N2O6S2. The fraction of sp³-hybridized carbons (Fsp3) is 0.429. The SMILES string of the molecule is CS(=O)(=O)N1CCC(Oc2ccc(S(=O)(=O)N3CCOCc4ccccc43)cc2)CC1. The maximum absolute atomic E-state index is 13.3. The molecule has 2 heterocycles. The molecule has 2 aromatic carbocycles. The van der Waals surface area contributed by atoms with E-state index >= 15 is 0 Å². The van der Waals surface area contributed by atoms with Crippen molar-refractivity contribution in [3.8, 4) is 5.75 Å². The Balaban J connectivity index is 1.47. The van der Waals surface area contributed by atoms with Gasteiger partial charge in [0.1, 0.15) is 11.9 Å². The van der Waals surface area contributed by atoms with E-state index in [1.165, 1.54) is 14.9 Å². The summed E-state index contributed by atoms with van der Waals surface area (Å²) in [5.41, 5.74) is 1.47. The molecule has 0 amide bonds. The molecule has 2 aromatic rings. The maximum atomic E-state index is 13.3. The molecule has 0 unspecified atom stereocenters. The molecule has 2 aliphatic heterocycles. The van der Waals surface area contributed by atoms with Crippen molar-refractivity contribution in [1.29, 1.82) is 0 Å². The molecule has 0 N–H and O–H groups in total. The summed E-state index contributed by atoms with van der Waals surface area (Å²) >= 11 is 0. The molecule has 0 bridgehead atoms. The molecule has 8 nitrogen and oxygen atoms in total. The largest absolute Gasteiger partial charge is 0.490 e. The number of sulfonamides is 2. The molecule has 4 rings (SSSR count). The topological polar surface area (TPSA) is 93.2 Å². The second-order valence-corrected chi connectivity index (χ2v) is 11.6. The van der Waals surface area contributed by atoms with E-state index < -0.39 is 20.0 Å². The van der Waals surface area contributed by atoms with Crippen LogP contribution in [0.2, 0.25) is 0 Å². The van der Waals surface area contributed by atoms with Crippen molar-refractivity contribution in [2.45, 2.75) is 30.4 Å². The van der Waals surface area contributed by atoms with Gasteiger partial charge in [0.15, 0.2) is 0 Å². The zero-order valence-corrected chi connectivity index (χ0v) is 18.9. The Morgan fingerprint density at radius 2 is 1.61 bits per heavy atom. The van der Waals surface area contributed by atoms with E-state index in [-0.39, 0.29) is 17.5 Å². The Labute approximate surface area is 183 Å². The van der Waals surface area contributed by atoms with Crippen molar-refractivity contribution in [3.63, 3.8) is 0 Å². The minimum atomic E-state index is -3.75. The maximum Gasteiger partial charge on any atom is 0.264 e. The van der Waals surface area contributed by atoms with Crippen molar-refractivity contribution in [2.75, 3.05) is 36.8 Å². The molecular weight excluding hydrogens is 440 g/mol. The quantitative estimate of drug-likeness (QED) is 0.671. The lowest BCUT2D eigenvalue weighted by Gasteiger charge is -2.30. The lowest BCUT2D eigenvalue weighted by Crippen LogP contribution is -2.41. The summed E-state index contributed by atoms with van der Waals surface area (Å²) in [6, 6.07) is 13.7. The molecule has 168 valence electrons. The summed E-state index contributed by atoms with van der Waals surface area (Å²) in [5.74, 6) is 0.566. The zero-order valence-electron chi connectivity index (χ0n) is 17.3. The highest BCUT2D eigenvalue weighted by Gasteiger charge is 2.29. The number of para-hydroxylation sites is 1. The lowest BCUT2D eigenvalue weighted by molar-refractivity contribution is 0.133. The average molecular weight is 467 g/mol. The number of hydrogen-bond donors (Lipinski definition) is 0. The molecule has 0 saturated carbocycles. The third kappa shape index (κ3) is 4.87. The Kier molecular flexibility index (Phi) is 6.25. The van der Waals surface area contributed by atoms with Crippen molar-refractivity contribution in [2.24, 2.45) is 0 Å². The van der Waals surface area contributed by atoms with Crippen molar-refractivity contribution in [3.05, 3.63) is 54.1 Å². The third-order valence-corrected chi connectivity index (χ3v) is 8.67. The van der Waals surface area contributed by atoms with Crippen LogP contribution in [0.4, 0.5) is 5.69 Å². The normalized spacial score (nSPS) is 18.9. The van der Waals surface area contributed by atoms with Crippen molar-refractivity contribution in [1.82, 2.24) is 4.31 Å². The summed E-state index contributed by atoms with van der Waals surface area (Å²) in [6.45, 7) is 1.80. The predicted molar refractivity (Wildman–Crippen MR) is 117 cm³/mol. The Morgan fingerprint density at radius 3 is 2.29 bits per heavy atom. The van der Waals surface area contributed by atoms with E-state index in [1.807, 2.05) is 18.2 Å². The molecule has 0 radical (unpaired) electrons. The Hall–Kier alpha value is -2.14. The molecule has 0 spiro atoms. The van der Waals surface area contributed by atoms with Gasteiger partial charge in [-0.15, -0.1) is 0 Å². The van der Waals surface area contributed by atoms with E-state index in [2.05, 4.69) is 0 Å². The molecule has 10 heteroatoms.